The van der Waals surface area contributed by atoms with Crippen molar-refractivity contribution in [3.8, 4) is 0 Å². The minimum atomic E-state index is -0.447. The highest BCUT2D eigenvalue weighted by molar-refractivity contribution is 5.69. The smallest absolute Gasteiger partial charge is 0.410 e. The summed E-state index contributed by atoms with van der Waals surface area (Å²) in [4.78, 5) is 17.9. The predicted octanol–water partition coefficient (Wildman–Crippen LogP) is 2.56. The van der Waals surface area contributed by atoms with Crippen LogP contribution in [0.3, 0.4) is 0 Å². The van der Waals surface area contributed by atoms with Crippen LogP contribution in [0.2, 0.25) is 0 Å². The summed E-state index contributed by atoms with van der Waals surface area (Å²) >= 11 is 0. The van der Waals surface area contributed by atoms with Gasteiger partial charge in [-0.2, -0.15) is 0 Å². The number of carbonyl (C=O) groups excluding carboxylic acids is 1. The van der Waals surface area contributed by atoms with Gasteiger partial charge < -0.3 is 15.4 Å². The molecule has 1 fully saturated rings. The number of ether oxygens (including phenoxy) is 1. The average Bonchev–Trinajstić information content (AvgIpc) is 2.26. The molecule has 0 aromatic carbocycles. The molecule has 1 aliphatic rings. The fourth-order valence-electron chi connectivity index (χ4n) is 2.20. The van der Waals surface area contributed by atoms with E-state index in [1.54, 1.807) is 11.1 Å². The van der Waals surface area contributed by atoms with E-state index in [1.807, 2.05) is 26.8 Å². The van der Waals surface area contributed by atoms with Crippen molar-refractivity contribution < 1.29 is 9.53 Å². The standard InChI is InChI=1S/C15H23N3O2/c1-5-10-6-13(17-7-12(10)16)11-8-18(9-11)14(19)20-15(2,3)4/h6-7,11H,5,8-9,16H2,1-4H3. The lowest BCUT2D eigenvalue weighted by Crippen LogP contribution is -2.50. The molecule has 0 spiro atoms. The van der Waals surface area contributed by atoms with Gasteiger partial charge in [0, 0.05) is 24.7 Å². The van der Waals surface area contributed by atoms with Crippen LogP contribution >= 0.6 is 0 Å². The molecule has 1 aromatic heterocycles. The first kappa shape index (κ1) is 14.6. The first-order valence-corrected chi connectivity index (χ1v) is 7.02. The van der Waals surface area contributed by atoms with Gasteiger partial charge >= 0.3 is 6.09 Å². The lowest BCUT2D eigenvalue weighted by Gasteiger charge is -2.39. The normalized spacial score (nSPS) is 15.9. The zero-order valence-corrected chi connectivity index (χ0v) is 12.6. The van der Waals surface area contributed by atoms with Crippen LogP contribution in [-0.2, 0) is 11.2 Å². The highest BCUT2D eigenvalue weighted by Gasteiger charge is 2.35. The summed E-state index contributed by atoms with van der Waals surface area (Å²) in [5.74, 6) is 0.286. The topological polar surface area (TPSA) is 68.5 Å². The molecule has 20 heavy (non-hydrogen) atoms. The number of aromatic nitrogens is 1. The van der Waals surface area contributed by atoms with Crippen LogP contribution in [0.15, 0.2) is 12.3 Å². The van der Waals surface area contributed by atoms with Gasteiger partial charge in [-0.05, 0) is 38.8 Å². The van der Waals surface area contributed by atoms with Crippen LogP contribution in [0.5, 0.6) is 0 Å². The Hall–Kier alpha value is -1.78. The lowest BCUT2D eigenvalue weighted by atomic mass is 9.94. The Bertz CT molecular complexity index is 502. The van der Waals surface area contributed by atoms with Crippen molar-refractivity contribution in [3.05, 3.63) is 23.5 Å². The number of hydrogen-bond acceptors (Lipinski definition) is 4. The molecule has 5 nitrogen and oxygen atoms in total. The Kier molecular flexibility index (Phi) is 3.88. The average molecular weight is 277 g/mol. The molecule has 1 amide bonds. The zero-order chi connectivity index (χ0) is 14.9. The van der Waals surface area contributed by atoms with E-state index in [2.05, 4.69) is 11.9 Å². The third-order valence-electron chi connectivity index (χ3n) is 3.38. The van der Waals surface area contributed by atoms with Crippen LogP contribution in [-0.4, -0.2) is 34.7 Å². The molecule has 5 heteroatoms. The first-order chi connectivity index (χ1) is 9.30. The molecule has 2 N–H and O–H groups in total. The van der Waals surface area contributed by atoms with Crippen molar-refractivity contribution in [2.24, 2.45) is 0 Å². The summed E-state index contributed by atoms with van der Waals surface area (Å²) in [7, 11) is 0. The SMILES string of the molecule is CCc1cc(C2CN(C(=O)OC(C)(C)C)C2)ncc1N. The van der Waals surface area contributed by atoms with Gasteiger partial charge in [0.25, 0.3) is 0 Å². The molecule has 2 heterocycles. The maximum Gasteiger partial charge on any atom is 0.410 e. The van der Waals surface area contributed by atoms with E-state index in [9.17, 15) is 4.79 Å². The van der Waals surface area contributed by atoms with E-state index in [-0.39, 0.29) is 12.0 Å². The van der Waals surface area contributed by atoms with E-state index in [4.69, 9.17) is 10.5 Å². The van der Waals surface area contributed by atoms with Gasteiger partial charge in [0.05, 0.1) is 11.9 Å². The molecule has 1 aromatic rings. The van der Waals surface area contributed by atoms with E-state index in [0.717, 1.165) is 23.4 Å². The molecule has 0 unspecified atom stereocenters. The Morgan fingerprint density at radius 3 is 2.70 bits per heavy atom. The summed E-state index contributed by atoms with van der Waals surface area (Å²) in [5, 5.41) is 0. The molecule has 2 rings (SSSR count). The molecule has 110 valence electrons. The summed E-state index contributed by atoms with van der Waals surface area (Å²) in [6.07, 6.45) is 2.36. The van der Waals surface area contributed by atoms with Gasteiger partial charge in [-0.1, -0.05) is 6.92 Å². The number of carbonyl (C=O) groups is 1. The predicted molar refractivity (Wildman–Crippen MR) is 78.6 cm³/mol. The van der Waals surface area contributed by atoms with Crippen LogP contribution in [0.4, 0.5) is 10.5 Å². The third-order valence-corrected chi connectivity index (χ3v) is 3.38. The van der Waals surface area contributed by atoms with Crippen LogP contribution < -0.4 is 5.73 Å². The van der Waals surface area contributed by atoms with Gasteiger partial charge in [0.1, 0.15) is 5.60 Å². The number of amides is 1. The summed E-state index contributed by atoms with van der Waals surface area (Å²) in [6, 6.07) is 2.05. The molecule has 0 atom stereocenters. The van der Waals surface area contributed by atoms with Crippen LogP contribution in [0, 0.1) is 0 Å². The second-order valence-corrected chi connectivity index (χ2v) is 6.24. The maximum atomic E-state index is 11.9. The van der Waals surface area contributed by atoms with Crippen molar-refractivity contribution in [1.29, 1.82) is 0 Å². The molecular weight excluding hydrogens is 254 g/mol. The maximum absolute atomic E-state index is 11.9. The largest absolute Gasteiger partial charge is 0.444 e. The van der Waals surface area contributed by atoms with Crippen molar-refractivity contribution in [2.45, 2.75) is 45.6 Å². The number of anilines is 1. The number of nitrogens with two attached hydrogens (primary N) is 1. The van der Waals surface area contributed by atoms with Gasteiger partial charge in [-0.3, -0.25) is 4.98 Å². The zero-order valence-electron chi connectivity index (χ0n) is 12.6. The molecule has 0 aliphatic carbocycles. The fraction of sp³-hybridized carbons (Fsp3) is 0.600. The number of nitrogens with zero attached hydrogens (tertiary/aromatic N) is 2. The quantitative estimate of drug-likeness (QED) is 0.902. The van der Waals surface area contributed by atoms with Crippen LogP contribution in [0.25, 0.3) is 0 Å². The minimum Gasteiger partial charge on any atom is -0.444 e. The minimum absolute atomic E-state index is 0.250. The number of hydrogen-bond donors (Lipinski definition) is 1. The summed E-state index contributed by atoms with van der Waals surface area (Å²) < 4.78 is 5.34. The number of rotatable bonds is 2. The first-order valence-electron chi connectivity index (χ1n) is 7.02. The summed E-state index contributed by atoms with van der Waals surface area (Å²) in [5.41, 5.74) is 8.27. The van der Waals surface area contributed by atoms with Crippen molar-refractivity contribution in [3.63, 3.8) is 0 Å². The van der Waals surface area contributed by atoms with E-state index < -0.39 is 5.60 Å². The van der Waals surface area contributed by atoms with Crippen molar-refractivity contribution >= 4 is 11.8 Å². The monoisotopic (exact) mass is 277 g/mol. The van der Waals surface area contributed by atoms with Gasteiger partial charge in [-0.25, -0.2) is 4.79 Å². The van der Waals surface area contributed by atoms with Gasteiger partial charge in [0.15, 0.2) is 0 Å². The molecule has 0 bridgehead atoms. The molecule has 1 saturated heterocycles. The Labute approximate surface area is 120 Å². The Morgan fingerprint density at radius 1 is 1.50 bits per heavy atom. The highest BCUT2D eigenvalue weighted by Crippen LogP contribution is 2.28. The van der Waals surface area contributed by atoms with Crippen molar-refractivity contribution in [2.75, 3.05) is 18.8 Å². The van der Waals surface area contributed by atoms with Crippen LogP contribution in [0.1, 0.15) is 44.9 Å². The number of pyridine rings is 1. The van der Waals surface area contributed by atoms with E-state index in [1.165, 1.54) is 0 Å². The number of likely N-dealkylation sites (tertiary alicyclic amines) is 1. The van der Waals surface area contributed by atoms with E-state index in [0.29, 0.717) is 13.1 Å². The van der Waals surface area contributed by atoms with Crippen molar-refractivity contribution in [1.82, 2.24) is 9.88 Å². The molecule has 0 radical (unpaired) electrons. The molecule has 0 saturated carbocycles. The van der Waals surface area contributed by atoms with E-state index >= 15 is 0 Å². The Morgan fingerprint density at radius 2 is 2.15 bits per heavy atom. The second-order valence-electron chi connectivity index (χ2n) is 6.24. The third kappa shape index (κ3) is 3.21. The second kappa shape index (κ2) is 5.31. The molecular formula is C15H23N3O2. The number of aryl methyl sites for hydroxylation is 1. The lowest BCUT2D eigenvalue weighted by molar-refractivity contribution is 0.00787. The fourth-order valence-corrected chi connectivity index (χ4v) is 2.20. The van der Waals surface area contributed by atoms with Gasteiger partial charge in [-0.15, -0.1) is 0 Å². The highest BCUT2D eigenvalue weighted by atomic mass is 16.6. The Balaban J connectivity index is 1.95. The molecule has 1 aliphatic heterocycles. The van der Waals surface area contributed by atoms with Gasteiger partial charge in [0.2, 0.25) is 0 Å². The number of nitrogen functional groups attached to an aromatic ring is 1. The summed E-state index contributed by atoms with van der Waals surface area (Å²) in [6.45, 7) is 9.01.